The highest BCUT2D eigenvalue weighted by molar-refractivity contribution is 4.80. The van der Waals surface area contributed by atoms with Gasteiger partial charge >= 0.3 is 0 Å². The van der Waals surface area contributed by atoms with Crippen LogP contribution in [-0.2, 0) is 4.74 Å². The summed E-state index contributed by atoms with van der Waals surface area (Å²) < 4.78 is 5.19. The number of rotatable bonds is 7. The van der Waals surface area contributed by atoms with E-state index in [1.165, 1.54) is 32.5 Å². The van der Waals surface area contributed by atoms with E-state index < -0.39 is 0 Å². The van der Waals surface area contributed by atoms with Gasteiger partial charge in [0.25, 0.3) is 0 Å². The summed E-state index contributed by atoms with van der Waals surface area (Å²) in [6, 6.07) is 0.575. The van der Waals surface area contributed by atoms with Crippen molar-refractivity contribution in [3.63, 3.8) is 0 Å². The molecule has 1 fully saturated rings. The molecule has 1 heterocycles. The summed E-state index contributed by atoms with van der Waals surface area (Å²) in [6.45, 7) is 10.1. The molecular weight excluding hydrogens is 188 g/mol. The lowest BCUT2D eigenvalue weighted by Gasteiger charge is -2.23. The molecule has 0 bridgehead atoms. The maximum atomic E-state index is 5.19. The first kappa shape index (κ1) is 12.9. The van der Waals surface area contributed by atoms with Crippen LogP contribution in [0.5, 0.6) is 0 Å². The Hall–Kier alpha value is -0.120. The average molecular weight is 214 g/mol. The third kappa shape index (κ3) is 4.49. The molecule has 15 heavy (non-hydrogen) atoms. The summed E-state index contributed by atoms with van der Waals surface area (Å²) in [4.78, 5) is 2.54. The Kier molecular flexibility index (Phi) is 6.22. The third-order valence-electron chi connectivity index (χ3n) is 3.21. The summed E-state index contributed by atoms with van der Waals surface area (Å²) >= 11 is 0. The van der Waals surface area contributed by atoms with Gasteiger partial charge in [0.15, 0.2) is 0 Å². The first-order valence-electron chi connectivity index (χ1n) is 6.21. The summed E-state index contributed by atoms with van der Waals surface area (Å²) in [5, 5.41) is 3.51. The SMILES string of the molecule is CCCNCC1CCN(C(C)COC)C1. The molecule has 1 N–H and O–H groups in total. The molecule has 0 aromatic carbocycles. The minimum absolute atomic E-state index is 0.575. The van der Waals surface area contributed by atoms with Crippen LogP contribution in [0.25, 0.3) is 0 Å². The molecule has 0 amide bonds. The quantitative estimate of drug-likeness (QED) is 0.647. The molecule has 0 radical (unpaired) electrons. The van der Waals surface area contributed by atoms with Crippen molar-refractivity contribution >= 4 is 0 Å². The second-order valence-electron chi connectivity index (χ2n) is 4.66. The zero-order chi connectivity index (χ0) is 11.1. The number of ether oxygens (including phenoxy) is 1. The number of nitrogens with one attached hydrogen (secondary N) is 1. The van der Waals surface area contributed by atoms with Gasteiger partial charge in [-0.25, -0.2) is 0 Å². The summed E-state index contributed by atoms with van der Waals surface area (Å²) in [5.74, 6) is 0.843. The van der Waals surface area contributed by atoms with Crippen molar-refractivity contribution < 1.29 is 4.74 Å². The van der Waals surface area contributed by atoms with Gasteiger partial charge in [-0.1, -0.05) is 6.92 Å². The number of methoxy groups -OCH3 is 1. The van der Waals surface area contributed by atoms with Crippen LogP contribution < -0.4 is 5.32 Å². The molecule has 3 heteroatoms. The molecule has 0 spiro atoms. The molecule has 0 aromatic heterocycles. The fraction of sp³-hybridized carbons (Fsp3) is 1.00. The second-order valence-corrected chi connectivity index (χ2v) is 4.66. The Morgan fingerprint density at radius 1 is 1.53 bits per heavy atom. The maximum absolute atomic E-state index is 5.19. The Bertz CT molecular complexity index is 164. The lowest BCUT2D eigenvalue weighted by Crippen LogP contribution is -2.35. The van der Waals surface area contributed by atoms with Crippen molar-refractivity contribution in [1.82, 2.24) is 10.2 Å². The Morgan fingerprint density at radius 2 is 2.33 bits per heavy atom. The largest absolute Gasteiger partial charge is 0.383 e. The van der Waals surface area contributed by atoms with Crippen molar-refractivity contribution in [2.24, 2.45) is 5.92 Å². The van der Waals surface area contributed by atoms with Gasteiger partial charge in [-0.15, -0.1) is 0 Å². The van der Waals surface area contributed by atoms with Crippen LogP contribution in [0.2, 0.25) is 0 Å². The van der Waals surface area contributed by atoms with Gasteiger partial charge < -0.3 is 10.1 Å². The van der Waals surface area contributed by atoms with E-state index in [-0.39, 0.29) is 0 Å². The van der Waals surface area contributed by atoms with Crippen LogP contribution >= 0.6 is 0 Å². The molecule has 3 nitrogen and oxygen atoms in total. The van der Waals surface area contributed by atoms with Crippen molar-refractivity contribution in [2.45, 2.75) is 32.7 Å². The second kappa shape index (κ2) is 7.20. The van der Waals surface area contributed by atoms with Gasteiger partial charge in [-0.3, -0.25) is 4.90 Å². The first-order chi connectivity index (χ1) is 7.27. The molecule has 1 aliphatic rings. The zero-order valence-electron chi connectivity index (χ0n) is 10.5. The predicted octanol–water partition coefficient (Wildman–Crippen LogP) is 1.34. The Morgan fingerprint density at radius 3 is 3.00 bits per heavy atom. The van der Waals surface area contributed by atoms with E-state index in [1.807, 2.05) is 0 Å². The molecule has 0 saturated carbocycles. The molecule has 90 valence electrons. The van der Waals surface area contributed by atoms with E-state index in [1.54, 1.807) is 7.11 Å². The molecule has 0 aliphatic carbocycles. The topological polar surface area (TPSA) is 24.5 Å². The average Bonchev–Trinajstić information content (AvgIpc) is 2.67. The van der Waals surface area contributed by atoms with Crippen molar-refractivity contribution in [3.8, 4) is 0 Å². The summed E-state index contributed by atoms with van der Waals surface area (Å²) in [7, 11) is 1.78. The monoisotopic (exact) mass is 214 g/mol. The van der Waals surface area contributed by atoms with E-state index >= 15 is 0 Å². The molecule has 1 aliphatic heterocycles. The number of likely N-dealkylation sites (tertiary alicyclic amines) is 1. The number of hydrogen-bond acceptors (Lipinski definition) is 3. The lowest BCUT2D eigenvalue weighted by atomic mass is 10.1. The highest BCUT2D eigenvalue weighted by atomic mass is 16.5. The molecule has 2 unspecified atom stereocenters. The van der Waals surface area contributed by atoms with Crippen molar-refractivity contribution in [1.29, 1.82) is 0 Å². The predicted molar refractivity (Wildman–Crippen MR) is 64.2 cm³/mol. The molecular formula is C12H26N2O. The van der Waals surface area contributed by atoms with E-state index in [4.69, 9.17) is 4.74 Å². The highest BCUT2D eigenvalue weighted by Crippen LogP contribution is 2.17. The van der Waals surface area contributed by atoms with Gasteiger partial charge in [-0.2, -0.15) is 0 Å². The smallest absolute Gasteiger partial charge is 0.0615 e. The standard InChI is InChI=1S/C12H26N2O/c1-4-6-13-8-12-5-7-14(9-12)11(2)10-15-3/h11-13H,4-10H2,1-3H3. The number of hydrogen-bond donors (Lipinski definition) is 1. The Balaban J connectivity index is 2.14. The maximum Gasteiger partial charge on any atom is 0.0615 e. The molecule has 1 saturated heterocycles. The summed E-state index contributed by atoms with van der Waals surface area (Å²) in [6.07, 6.45) is 2.57. The first-order valence-corrected chi connectivity index (χ1v) is 6.21. The van der Waals surface area contributed by atoms with Gasteiger partial charge in [0.2, 0.25) is 0 Å². The molecule has 0 aromatic rings. The van der Waals surface area contributed by atoms with E-state index in [2.05, 4.69) is 24.1 Å². The minimum atomic E-state index is 0.575. The van der Waals surface area contributed by atoms with Crippen LogP contribution in [0.3, 0.4) is 0 Å². The van der Waals surface area contributed by atoms with Crippen molar-refractivity contribution in [3.05, 3.63) is 0 Å². The van der Waals surface area contributed by atoms with Crippen LogP contribution in [0.4, 0.5) is 0 Å². The van der Waals surface area contributed by atoms with Gasteiger partial charge in [-0.05, 0) is 45.3 Å². The molecule has 2 atom stereocenters. The third-order valence-corrected chi connectivity index (χ3v) is 3.21. The van der Waals surface area contributed by atoms with Crippen molar-refractivity contribution in [2.75, 3.05) is 39.9 Å². The lowest BCUT2D eigenvalue weighted by molar-refractivity contribution is 0.112. The van der Waals surface area contributed by atoms with Gasteiger partial charge in [0.05, 0.1) is 6.61 Å². The highest BCUT2D eigenvalue weighted by Gasteiger charge is 2.25. The normalized spacial score (nSPS) is 24.6. The van der Waals surface area contributed by atoms with E-state index in [0.717, 1.165) is 19.1 Å². The van der Waals surface area contributed by atoms with Gasteiger partial charge in [0, 0.05) is 19.7 Å². The fourth-order valence-electron chi connectivity index (χ4n) is 2.26. The minimum Gasteiger partial charge on any atom is -0.383 e. The Labute approximate surface area is 94.2 Å². The zero-order valence-corrected chi connectivity index (χ0v) is 10.5. The van der Waals surface area contributed by atoms with Crippen LogP contribution in [0, 0.1) is 5.92 Å². The van der Waals surface area contributed by atoms with Crippen LogP contribution in [0.15, 0.2) is 0 Å². The van der Waals surface area contributed by atoms with E-state index in [0.29, 0.717) is 6.04 Å². The summed E-state index contributed by atoms with van der Waals surface area (Å²) in [5.41, 5.74) is 0. The van der Waals surface area contributed by atoms with Crippen LogP contribution in [0.1, 0.15) is 26.7 Å². The van der Waals surface area contributed by atoms with Crippen LogP contribution in [-0.4, -0.2) is 50.8 Å². The van der Waals surface area contributed by atoms with E-state index in [9.17, 15) is 0 Å². The molecule has 1 rings (SSSR count). The van der Waals surface area contributed by atoms with Gasteiger partial charge in [0.1, 0.15) is 0 Å². The number of nitrogens with zero attached hydrogens (tertiary/aromatic N) is 1. The fourth-order valence-corrected chi connectivity index (χ4v) is 2.26.